The van der Waals surface area contributed by atoms with E-state index in [2.05, 4.69) is 4.90 Å². The second-order valence-corrected chi connectivity index (χ2v) is 4.04. The van der Waals surface area contributed by atoms with Crippen molar-refractivity contribution in [1.29, 1.82) is 0 Å². The van der Waals surface area contributed by atoms with E-state index in [4.69, 9.17) is 5.73 Å². The molecule has 0 aliphatic carbocycles. The van der Waals surface area contributed by atoms with E-state index in [0.29, 0.717) is 0 Å². The van der Waals surface area contributed by atoms with Crippen LogP contribution in [0.3, 0.4) is 0 Å². The van der Waals surface area contributed by atoms with Gasteiger partial charge in [0.1, 0.15) is 0 Å². The van der Waals surface area contributed by atoms with Gasteiger partial charge in [-0.05, 0) is 32.4 Å². The van der Waals surface area contributed by atoms with E-state index in [0.717, 1.165) is 38.9 Å². The highest BCUT2D eigenvalue weighted by molar-refractivity contribution is 5.76. The van der Waals surface area contributed by atoms with Gasteiger partial charge in [0.15, 0.2) is 0 Å². The summed E-state index contributed by atoms with van der Waals surface area (Å²) >= 11 is 0. The first-order chi connectivity index (χ1) is 6.63. The lowest BCUT2D eigenvalue weighted by Gasteiger charge is -2.31. The van der Waals surface area contributed by atoms with Crippen LogP contribution in [0.2, 0.25) is 0 Å². The second-order valence-electron chi connectivity index (χ2n) is 4.04. The maximum absolute atomic E-state index is 10.9. The summed E-state index contributed by atoms with van der Waals surface area (Å²) in [4.78, 5) is 13.1. The normalized spacial score (nSPS) is 22.1. The number of amides is 1. The number of β-amino-alcohol motifs (C(OH)–C–C–N with tert-alkyl or cyclic N) is 1. The van der Waals surface area contributed by atoms with Crippen LogP contribution in [0.15, 0.2) is 0 Å². The molecule has 0 saturated carbocycles. The third-order valence-corrected chi connectivity index (χ3v) is 2.93. The van der Waals surface area contributed by atoms with Crippen LogP contribution < -0.4 is 5.73 Å². The number of aliphatic hydroxyl groups excluding tert-OH is 1. The van der Waals surface area contributed by atoms with Crippen LogP contribution in [0.1, 0.15) is 26.2 Å². The molecule has 14 heavy (non-hydrogen) atoms. The molecule has 0 bridgehead atoms. The molecular formula is C10H20N2O2. The zero-order valence-electron chi connectivity index (χ0n) is 8.78. The van der Waals surface area contributed by atoms with E-state index < -0.39 is 0 Å². The highest BCUT2D eigenvalue weighted by atomic mass is 16.3. The molecule has 1 rings (SSSR count). The van der Waals surface area contributed by atoms with Gasteiger partial charge in [-0.1, -0.05) is 6.92 Å². The van der Waals surface area contributed by atoms with Crippen molar-refractivity contribution in [1.82, 2.24) is 4.90 Å². The summed E-state index contributed by atoms with van der Waals surface area (Å²) in [6, 6.07) is 0. The number of hydrogen-bond acceptors (Lipinski definition) is 3. The molecule has 0 aromatic carbocycles. The van der Waals surface area contributed by atoms with E-state index in [1.165, 1.54) is 0 Å². The minimum atomic E-state index is -0.236. The van der Waals surface area contributed by atoms with Crippen molar-refractivity contribution in [3.05, 3.63) is 0 Å². The summed E-state index contributed by atoms with van der Waals surface area (Å²) in [7, 11) is 0. The number of rotatable bonds is 4. The first-order valence-corrected chi connectivity index (χ1v) is 5.33. The average molecular weight is 200 g/mol. The Kier molecular flexibility index (Phi) is 4.35. The van der Waals surface area contributed by atoms with Crippen molar-refractivity contribution in [3.8, 4) is 0 Å². The molecule has 4 heteroatoms. The number of primary amides is 1. The quantitative estimate of drug-likeness (QED) is 0.669. The number of piperidine rings is 1. The molecule has 0 unspecified atom stereocenters. The van der Waals surface area contributed by atoms with E-state index in [1.54, 1.807) is 0 Å². The van der Waals surface area contributed by atoms with Gasteiger partial charge < -0.3 is 15.7 Å². The van der Waals surface area contributed by atoms with Crippen LogP contribution in [-0.2, 0) is 4.79 Å². The van der Waals surface area contributed by atoms with Crippen LogP contribution >= 0.6 is 0 Å². The van der Waals surface area contributed by atoms with Crippen molar-refractivity contribution in [2.24, 2.45) is 11.7 Å². The molecule has 1 amide bonds. The Labute approximate surface area is 85.1 Å². The summed E-state index contributed by atoms with van der Waals surface area (Å²) in [5, 5.41) is 9.45. The highest BCUT2D eigenvalue weighted by Gasteiger charge is 2.23. The summed E-state index contributed by atoms with van der Waals surface area (Å²) < 4.78 is 0. The maximum atomic E-state index is 10.9. The van der Waals surface area contributed by atoms with Gasteiger partial charge in [-0.3, -0.25) is 4.79 Å². The summed E-state index contributed by atoms with van der Waals surface area (Å²) in [5.41, 5.74) is 5.23. The lowest BCUT2D eigenvalue weighted by molar-refractivity contribution is -0.123. The van der Waals surface area contributed by atoms with Gasteiger partial charge in [-0.2, -0.15) is 0 Å². The SMILES string of the molecule is CC[C@@H](O)CN1CCC(C(N)=O)CC1. The molecule has 1 atom stereocenters. The van der Waals surface area contributed by atoms with Crippen LogP contribution in [0, 0.1) is 5.92 Å². The molecule has 1 aliphatic heterocycles. The highest BCUT2D eigenvalue weighted by Crippen LogP contribution is 2.16. The van der Waals surface area contributed by atoms with Crippen LogP contribution in [0.5, 0.6) is 0 Å². The average Bonchev–Trinajstić information content (AvgIpc) is 2.18. The standard InChI is InChI=1S/C10H20N2O2/c1-2-9(13)7-12-5-3-8(4-6-12)10(11)14/h8-9,13H,2-7H2,1H3,(H2,11,14)/t9-/m1/s1. The molecule has 1 fully saturated rings. The third kappa shape index (κ3) is 3.27. The number of carbonyl (C=O) groups excluding carboxylic acids is 1. The zero-order chi connectivity index (χ0) is 10.6. The maximum Gasteiger partial charge on any atom is 0.220 e. The van der Waals surface area contributed by atoms with Crippen LogP contribution in [0.25, 0.3) is 0 Å². The fourth-order valence-corrected chi connectivity index (χ4v) is 1.83. The van der Waals surface area contributed by atoms with Crippen molar-refractivity contribution in [2.75, 3.05) is 19.6 Å². The Bertz CT molecular complexity index is 189. The van der Waals surface area contributed by atoms with Crippen molar-refractivity contribution in [3.63, 3.8) is 0 Å². The second kappa shape index (κ2) is 5.32. The fraction of sp³-hybridized carbons (Fsp3) is 0.900. The first-order valence-electron chi connectivity index (χ1n) is 5.33. The summed E-state index contributed by atoms with van der Waals surface area (Å²) in [6.45, 7) is 4.46. The molecular weight excluding hydrogens is 180 g/mol. The van der Waals surface area contributed by atoms with Crippen LogP contribution in [-0.4, -0.2) is 41.7 Å². The Balaban J connectivity index is 2.25. The largest absolute Gasteiger partial charge is 0.392 e. The predicted octanol–water partition coefficient (Wildman–Crippen LogP) is -0.0454. The fourth-order valence-electron chi connectivity index (χ4n) is 1.83. The van der Waals surface area contributed by atoms with E-state index >= 15 is 0 Å². The van der Waals surface area contributed by atoms with Gasteiger partial charge in [0.25, 0.3) is 0 Å². The van der Waals surface area contributed by atoms with Gasteiger partial charge in [-0.25, -0.2) is 0 Å². The monoisotopic (exact) mass is 200 g/mol. The first kappa shape index (κ1) is 11.5. The molecule has 0 aromatic heterocycles. The van der Waals surface area contributed by atoms with E-state index in [9.17, 15) is 9.90 Å². The smallest absolute Gasteiger partial charge is 0.220 e. The molecule has 1 aliphatic rings. The third-order valence-electron chi connectivity index (χ3n) is 2.93. The van der Waals surface area contributed by atoms with E-state index in [1.807, 2.05) is 6.92 Å². The van der Waals surface area contributed by atoms with Gasteiger partial charge in [0, 0.05) is 12.5 Å². The Morgan fingerprint density at radius 1 is 1.57 bits per heavy atom. The van der Waals surface area contributed by atoms with Crippen molar-refractivity contribution in [2.45, 2.75) is 32.3 Å². The molecule has 1 heterocycles. The van der Waals surface area contributed by atoms with E-state index in [-0.39, 0.29) is 17.9 Å². The minimum Gasteiger partial charge on any atom is -0.392 e. The topological polar surface area (TPSA) is 66.6 Å². The number of aliphatic hydroxyl groups is 1. The number of likely N-dealkylation sites (tertiary alicyclic amines) is 1. The number of nitrogens with two attached hydrogens (primary N) is 1. The van der Waals surface area contributed by atoms with Crippen molar-refractivity contribution < 1.29 is 9.90 Å². The lowest BCUT2D eigenvalue weighted by atomic mass is 9.96. The van der Waals surface area contributed by atoms with Gasteiger partial charge in [-0.15, -0.1) is 0 Å². The summed E-state index contributed by atoms with van der Waals surface area (Å²) in [6.07, 6.45) is 2.23. The molecule has 82 valence electrons. The molecule has 4 nitrogen and oxygen atoms in total. The molecule has 0 spiro atoms. The number of nitrogens with zero attached hydrogens (tertiary/aromatic N) is 1. The van der Waals surface area contributed by atoms with Gasteiger partial charge in [0.2, 0.25) is 5.91 Å². The van der Waals surface area contributed by atoms with Crippen LogP contribution in [0.4, 0.5) is 0 Å². The molecule has 0 radical (unpaired) electrons. The minimum absolute atomic E-state index is 0.0463. The Morgan fingerprint density at radius 3 is 2.57 bits per heavy atom. The Hall–Kier alpha value is -0.610. The lowest BCUT2D eigenvalue weighted by Crippen LogP contribution is -2.41. The zero-order valence-corrected chi connectivity index (χ0v) is 8.78. The van der Waals surface area contributed by atoms with Crippen molar-refractivity contribution >= 4 is 5.91 Å². The number of hydrogen-bond donors (Lipinski definition) is 2. The predicted molar refractivity (Wildman–Crippen MR) is 54.7 cm³/mol. The molecule has 1 saturated heterocycles. The molecule has 3 N–H and O–H groups in total. The summed E-state index contributed by atoms with van der Waals surface area (Å²) in [5.74, 6) is -0.134. The Morgan fingerprint density at radius 2 is 2.14 bits per heavy atom. The molecule has 0 aromatic rings. The van der Waals surface area contributed by atoms with Gasteiger partial charge >= 0.3 is 0 Å². The number of carbonyl (C=O) groups is 1. The van der Waals surface area contributed by atoms with Gasteiger partial charge in [0.05, 0.1) is 6.10 Å².